The highest BCUT2D eigenvalue weighted by molar-refractivity contribution is 7.09. The van der Waals surface area contributed by atoms with Gasteiger partial charge in [-0.05, 0) is 17.9 Å². The maximum absolute atomic E-state index is 5.44. The van der Waals surface area contributed by atoms with E-state index in [0.29, 0.717) is 18.5 Å². The van der Waals surface area contributed by atoms with Gasteiger partial charge in [-0.1, -0.05) is 13.0 Å². The molecule has 2 rings (SSSR count). The number of ether oxygens (including phenoxy) is 1. The van der Waals surface area contributed by atoms with Crippen molar-refractivity contribution in [3.05, 3.63) is 22.4 Å². The summed E-state index contributed by atoms with van der Waals surface area (Å²) in [5, 5.41) is 2.04. The Balaban J connectivity index is 2.16. The summed E-state index contributed by atoms with van der Waals surface area (Å²) < 4.78 is 5.44. The van der Waals surface area contributed by atoms with E-state index in [1.807, 2.05) is 30.3 Å². The molecular formula is C12H18N6OS. The van der Waals surface area contributed by atoms with Crippen LogP contribution in [-0.2, 0) is 6.54 Å². The third-order valence-electron chi connectivity index (χ3n) is 2.48. The molecule has 0 aliphatic heterocycles. The quantitative estimate of drug-likeness (QED) is 0.592. The summed E-state index contributed by atoms with van der Waals surface area (Å²) in [5.41, 5.74) is 2.43. The van der Waals surface area contributed by atoms with Gasteiger partial charge in [0, 0.05) is 11.9 Å². The molecule has 7 nitrogen and oxygen atoms in total. The Morgan fingerprint density at radius 3 is 2.90 bits per heavy atom. The molecule has 2 aromatic heterocycles. The molecule has 0 saturated heterocycles. The Labute approximate surface area is 121 Å². The lowest BCUT2D eigenvalue weighted by molar-refractivity contribution is 0.292. The molecule has 0 fully saturated rings. The van der Waals surface area contributed by atoms with E-state index in [-0.39, 0.29) is 6.01 Å². The number of hydrogen-bond donors (Lipinski definition) is 2. The van der Waals surface area contributed by atoms with Gasteiger partial charge < -0.3 is 9.64 Å². The molecule has 0 aromatic carbocycles. The molecule has 108 valence electrons. The van der Waals surface area contributed by atoms with Crippen molar-refractivity contribution in [1.82, 2.24) is 15.0 Å². The summed E-state index contributed by atoms with van der Waals surface area (Å²) in [5.74, 6) is 6.19. The van der Waals surface area contributed by atoms with Gasteiger partial charge in [0.2, 0.25) is 11.9 Å². The Morgan fingerprint density at radius 2 is 2.25 bits per heavy atom. The fourth-order valence-electron chi connectivity index (χ4n) is 1.55. The highest BCUT2D eigenvalue weighted by atomic mass is 32.1. The normalized spacial score (nSPS) is 10.3. The van der Waals surface area contributed by atoms with Crippen molar-refractivity contribution in [2.75, 3.05) is 24.0 Å². The number of nitrogens with two attached hydrogens (primary N) is 1. The first-order chi connectivity index (χ1) is 9.72. The van der Waals surface area contributed by atoms with E-state index >= 15 is 0 Å². The molecule has 0 aliphatic carbocycles. The molecule has 8 heteroatoms. The van der Waals surface area contributed by atoms with E-state index in [9.17, 15) is 0 Å². The molecule has 0 bridgehead atoms. The van der Waals surface area contributed by atoms with Crippen molar-refractivity contribution >= 4 is 23.2 Å². The Hall–Kier alpha value is -1.93. The summed E-state index contributed by atoms with van der Waals surface area (Å²) in [6, 6.07) is 4.37. The van der Waals surface area contributed by atoms with Gasteiger partial charge in [0.15, 0.2) is 0 Å². The lowest BCUT2D eigenvalue weighted by Gasteiger charge is -2.17. The van der Waals surface area contributed by atoms with E-state index < -0.39 is 0 Å². The molecule has 0 radical (unpaired) electrons. The summed E-state index contributed by atoms with van der Waals surface area (Å²) >= 11 is 1.69. The number of aromatic nitrogens is 3. The summed E-state index contributed by atoms with van der Waals surface area (Å²) in [7, 11) is 1.92. The van der Waals surface area contributed by atoms with Crippen molar-refractivity contribution in [2.24, 2.45) is 5.84 Å². The lowest BCUT2D eigenvalue weighted by Crippen LogP contribution is -2.21. The highest BCUT2D eigenvalue weighted by Crippen LogP contribution is 2.17. The summed E-state index contributed by atoms with van der Waals surface area (Å²) in [6.45, 7) is 3.30. The maximum atomic E-state index is 5.44. The van der Waals surface area contributed by atoms with E-state index in [0.717, 1.165) is 13.0 Å². The van der Waals surface area contributed by atoms with Gasteiger partial charge in [0.05, 0.1) is 13.2 Å². The predicted molar refractivity (Wildman–Crippen MR) is 79.8 cm³/mol. The average molecular weight is 294 g/mol. The van der Waals surface area contributed by atoms with Crippen molar-refractivity contribution in [2.45, 2.75) is 19.9 Å². The predicted octanol–water partition coefficient (Wildman–Crippen LogP) is 1.64. The van der Waals surface area contributed by atoms with Gasteiger partial charge in [-0.2, -0.15) is 15.0 Å². The molecule has 0 spiro atoms. The number of nitrogens with zero attached hydrogens (tertiary/aromatic N) is 4. The smallest absolute Gasteiger partial charge is 0.323 e. The van der Waals surface area contributed by atoms with E-state index in [2.05, 4.69) is 26.4 Å². The first kappa shape index (κ1) is 14.5. The molecule has 0 amide bonds. The van der Waals surface area contributed by atoms with Gasteiger partial charge in [0.1, 0.15) is 0 Å². The van der Waals surface area contributed by atoms with Crippen molar-refractivity contribution in [3.8, 4) is 6.01 Å². The van der Waals surface area contributed by atoms with Crippen molar-refractivity contribution in [3.63, 3.8) is 0 Å². The monoisotopic (exact) mass is 294 g/mol. The van der Waals surface area contributed by atoms with Crippen molar-refractivity contribution < 1.29 is 4.74 Å². The molecule has 0 atom stereocenters. The molecule has 2 aromatic rings. The van der Waals surface area contributed by atoms with Crippen LogP contribution in [-0.4, -0.2) is 28.6 Å². The third-order valence-corrected chi connectivity index (χ3v) is 3.34. The van der Waals surface area contributed by atoms with Crippen LogP contribution >= 0.6 is 11.3 Å². The fourth-order valence-corrected chi connectivity index (χ4v) is 2.30. The van der Waals surface area contributed by atoms with Crippen LogP contribution < -0.4 is 20.9 Å². The second-order valence-electron chi connectivity index (χ2n) is 4.17. The Kier molecular flexibility index (Phi) is 5.08. The average Bonchev–Trinajstić information content (AvgIpc) is 2.97. The molecular weight excluding hydrogens is 276 g/mol. The molecule has 0 aliphatic rings. The van der Waals surface area contributed by atoms with Crippen LogP contribution in [0.2, 0.25) is 0 Å². The van der Waals surface area contributed by atoms with Crippen LogP contribution in [0.1, 0.15) is 18.2 Å². The number of rotatable bonds is 7. The molecule has 3 N–H and O–H groups in total. The first-order valence-electron chi connectivity index (χ1n) is 6.32. The van der Waals surface area contributed by atoms with Crippen molar-refractivity contribution in [1.29, 1.82) is 0 Å². The topological polar surface area (TPSA) is 89.2 Å². The zero-order chi connectivity index (χ0) is 14.4. The summed E-state index contributed by atoms with van der Waals surface area (Å²) in [4.78, 5) is 15.7. The van der Waals surface area contributed by atoms with Crippen LogP contribution in [0, 0.1) is 0 Å². The molecule has 0 saturated carbocycles. The molecule has 20 heavy (non-hydrogen) atoms. The second kappa shape index (κ2) is 7.01. The number of nitrogens with one attached hydrogen (secondary N) is 1. The van der Waals surface area contributed by atoms with E-state index in [1.54, 1.807) is 11.3 Å². The second-order valence-corrected chi connectivity index (χ2v) is 5.20. The van der Waals surface area contributed by atoms with Crippen LogP contribution in [0.25, 0.3) is 0 Å². The summed E-state index contributed by atoms with van der Waals surface area (Å²) in [6.07, 6.45) is 0.886. The van der Waals surface area contributed by atoms with E-state index in [4.69, 9.17) is 10.6 Å². The fraction of sp³-hybridized carbons (Fsp3) is 0.417. The number of thiophene rings is 1. The minimum Gasteiger partial charge on any atom is -0.463 e. The zero-order valence-corrected chi connectivity index (χ0v) is 12.4. The molecule has 2 heterocycles. The number of hydrazine groups is 1. The third kappa shape index (κ3) is 3.78. The van der Waals surface area contributed by atoms with Crippen LogP contribution in [0.5, 0.6) is 6.01 Å². The Bertz CT molecular complexity index is 533. The number of nitrogen functional groups attached to an aromatic ring is 1. The maximum Gasteiger partial charge on any atom is 0.323 e. The minimum absolute atomic E-state index is 0.280. The number of hydrogen-bond acceptors (Lipinski definition) is 8. The van der Waals surface area contributed by atoms with Crippen LogP contribution in [0.15, 0.2) is 17.5 Å². The van der Waals surface area contributed by atoms with Gasteiger partial charge >= 0.3 is 6.01 Å². The van der Waals surface area contributed by atoms with Gasteiger partial charge in [0.25, 0.3) is 0 Å². The Morgan fingerprint density at radius 1 is 1.40 bits per heavy atom. The standard InChI is InChI=1S/C12H18N6OS/c1-3-6-19-12-15-10(17-13)14-11(16-12)18(2)8-9-5-4-7-20-9/h4-5,7H,3,6,8,13H2,1-2H3,(H,14,15,16,17). The highest BCUT2D eigenvalue weighted by Gasteiger charge is 2.11. The number of anilines is 2. The van der Waals surface area contributed by atoms with E-state index in [1.165, 1.54) is 4.88 Å². The largest absolute Gasteiger partial charge is 0.463 e. The minimum atomic E-state index is 0.280. The zero-order valence-electron chi connectivity index (χ0n) is 11.5. The van der Waals surface area contributed by atoms with Gasteiger partial charge in [-0.15, -0.1) is 11.3 Å². The van der Waals surface area contributed by atoms with Crippen LogP contribution in [0.4, 0.5) is 11.9 Å². The molecule has 0 unspecified atom stereocenters. The lowest BCUT2D eigenvalue weighted by atomic mass is 10.4. The first-order valence-corrected chi connectivity index (χ1v) is 7.20. The van der Waals surface area contributed by atoms with Crippen LogP contribution in [0.3, 0.4) is 0 Å². The SMILES string of the molecule is CCCOc1nc(NN)nc(N(C)Cc2cccs2)n1. The van der Waals surface area contributed by atoms with Gasteiger partial charge in [-0.3, -0.25) is 5.43 Å². The van der Waals surface area contributed by atoms with Gasteiger partial charge in [-0.25, -0.2) is 5.84 Å².